The molecule has 0 saturated heterocycles. The van der Waals surface area contributed by atoms with Crippen molar-refractivity contribution in [2.75, 3.05) is 26.1 Å². The summed E-state index contributed by atoms with van der Waals surface area (Å²) < 4.78 is 22.6. The molecule has 1 N–H and O–H groups in total. The molecule has 0 spiro atoms. The summed E-state index contributed by atoms with van der Waals surface area (Å²) in [5, 5.41) is 4.60. The Kier molecular flexibility index (Phi) is 7.41. The molecule has 0 aliphatic rings. The van der Waals surface area contributed by atoms with E-state index in [0.29, 0.717) is 29.5 Å². The summed E-state index contributed by atoms with van der Waals surface area (Å²) in [5.41, 5.74) is 4.52. The molecule has 4 rings (SSSR count). The van der Waals surface area contributed by atoms with Crippen molar-refractivity contribution in [3.05, 3.63) is 83.9 Å². The van der Waals surface area contributed by atoms with Gasteiger partial charge in [-0.3, -0.25) is 5.32 Å². The zero-order chi connectivity index (χ0) is 24.8. The van der Waals surface area contributed by atoms with Gasteiger partial charge in [-0.2, -0.15) is 0 Å². The lowest BCUT2D eigenvalue weighted by Gasteiger charge is -2.20. The molecule has 0 fully saturated rings. The van der Waals surface area contributed by atoms with Crippen molar-refractivity contribution >= 4 is 22.6 Å². The van der Waals surface area contributed by atoms with E-state index in [1.165, 1.54) is 0 Å². The van der Waals surface area contributed by atoms with Gasteiger partial charge in [-0.1, -0.05) is 60.2 Å². The molecule has 35 heavy (non-hydrogen) atoms. The Morgan fingerprint density at radius 1 is 0.829 bits per heavy atom. The van der Waals surface area contributed by atoms with Crippen LogP contribution >= 0.6 is 0 Å². The van der Waals surface area contributed by atoms with E-state index in [-0.39, 0.29) is 6.61 Å². The predicted molar refractivity (Wildman–Crippen MR) is 139 cm³/mol. The van der Waals surface area contributed by atoms with Crippen LogP contribution in [0.25, 0.3) is 21.9 Å². The maximum atomic E-state index is 12.5. The van der Waals surface area contributed by atoms with Crippen LogP contribution < -0.4 is 19.5 Å². The minimum Gasteiger partial charge on any atom is -0.493 e. The molecule has 0 atom stereocenters. The number of hydrogen-bond donors (Lipinski definition) is 1. The third-order valence-corrected chi connectivity index (χ3v) is 5.69. The second-order valence-corrected chi connectivity index (χ2v) is 8.04. The number of nitrogens with one attached hydrogen (secondary N) is 1. The third kappa shape index (κ3) is 5.32. The fourth-order valence-electron chi connectivity index (χ4n) is 3.98. The fourth-order valence-corrected chi connectivity index (χ4v) is 3.98. The van der Waals surface area contributed by atoms with E-state index < -0.39 is 6.09 Å². The summed E-state index contributed by atoms with van der Waals surface area (Å²) in [4.78, 5) is 12.5. The lowest BCUT2D eigenvalue weighted by atomic mass is 9.94. The van der Waals surface area contributed by atoms with Crippen LogP contribution in [0, 0.1) is 6.92 Å². The van der Waals surface area contributed by atoms with Crippen molar-refractivity contribution < 1.29 is 23.7 Å². The number of benzene rings is 4. The van der Waals surface area contributed by atoms with Gasteiger partial charge in [-0.05, 0) is 42.5 Å². The zero-order valence-electron chi connectivity index (χ0n) is 20.4. The van der Waals surface area contributed by atoms with E-state index in [9.17, 15) is 4.79 Å². The van der Waals surface area contributed by atoms with Crippen molar-refractivity contribution in [1.82, 2.24) is 0 Å². The summed E-state index contributed by atoms with van der Waals surface area (Å²) >= 11 is 0. The Labute approximate surface area is 205 Å². The number of ether oxygens (including phenoxy) is 4. The predicted octanol–water partition coefficient (Wildman–Crippen LogP) is 6.98. The van der Waals surface area contributed by atoms with Gasteiger partial charge in [0.15, 0.2) is 11.5 Å². The highest BCUT2D eigenvalue weighted by Crippen LogP contribution is 2.45. The average Bonchev–Trinajstić information content (AvgIpc) is 2.88. The van der Waals surface area contributed by atoms with Gasteiger partial charge in [0.1, 0.15) is 12.4 Å². The first-order chi connectivity index (χ1) is 17.0. The van der Waals surface area contributed by atoms with Gasteiger partial charge in [0.2, 0.25) is 0 Å². The van der Waals surface area contributed by atoms with Crippen LogP contribution in [0.4, 0.5) is 10.5 Å². The topological polar surface area (TPSA) is 66.0 Å². The van der Waals surface area contributed by atoms with Gasteiger partial charge < -0.3 is 18.9 Å². The first kappa shape index (κ1) is 24.0. The number of rotatable bonds is 8. The number of carbonyl (C=O) groups is 1. The van der Waals surface area contributed by atoms with Crippen LogP contribution in [-0.4, -0.2) is 26.9 Å². The molecule has 0 bridgehead atoms. The SMILES string of the molecule is CCOC(=O)Nc1cc(OCc2ccccc2)c2cc(OC)c(OC)cc2c1-c1ccc(C)cc1. The van der Waals surface area contributed by atoms with Crippen molar-refractivity contribution in [2.24, 2.45) is 0 Å². The number of hydrogen-bond acceptors (Lipinski definition) is 5. The molecular formula is C29H29NO5. The molecule has 0 aliphatic carbocycles. The molecule has 6 nitrogen and oxygen atoms in total. The molecule has 0 saturated carbocycles. The minimum atomic E-state index is -0.533. The van der Waals surface area contributed by atoms with Crippen LogP contribution in [0.5, 0.6) is 17.2 Å². The van der Waals surface area contributed by atoms with Crippen molar-refractivity contribution in [3.8, 4) is 28.4 Å². The summed E-state index contributed by atoms with van der Waals surface area (Å²) in [7, 11) is 3.20. The number of fused-ring (bicyclic) bond motifs is 1. The number of methoxy groups -OCH3 is 2. The summed E-state index contributed by atoms with van der Waals surface area (Å²) in [6.07, 6.45) is -0.533. The number of carbonyl (C=O) groups excluding carboxylic acids is 1. The van der Waals surface area contributed by atoms with Gasteiger partial charge in [0.25, 0.3) is 0 Å². The highest BCUT2D eigenvalue weighted by Gasteiger charge is 2.20. The van der Waals surface area contributed by atoms with Crippen LogP contribution in [0.1, 0.15) is 18.1 Å². The Morgan fingerprint density at radius 3 is 2.11 bits per heavy atom. The monoisotopic (exact) mass is 471 g/mol. The molecule has 0 radical (unpaired) electrons. The standard InChI is InChI=1S/C29H29NO5/c1-5-34-29(31)30-24-17-25(35-18-20-9-7-6-8-10-20)22-15-26(32-3)27(33-4)16-23(22)28(24)21-13-11-19(2)12-14-21/h6-17H,5,18H2,1-4H3,(H,30,31). The van der Waals surface area contributed by atoms with E-state index in [1.807, 2.05) is 79.7 Å². The van der Waals surface area contributed by atoms with Crippen LogP contribution in [0.2, 0.25) is 0 Å². The van der Waals surface area contributed by atoms with Gasteiger partial charge in [-0.25, -0.2) is 4.79 Å². The van der Waals surface area contributed by atoms with Crippen molar-refractivity contribution in [1.29, 1.82) is 0 Å². The molecule has 180 valence electrons. The molecule has 1 amide bonds. The first-order valence-corrected chi connectivity index (χ1v) is 11.4. The highest BCUT2D eigenvalue weighted by atomic mass is 16.5. The Balaban J connectivity index is 1.95. The third-order valence-electron chi connectivity index (χ3n) is 5.69. The molecule has 4 aromatic carbocycles. The lowest BCUT2D eigenvalue weighted by molar-refractivity contribution is 0.168. The molecule has 0 heterocycles. The van der Waals surface area contributed by atoms with Gasteiger partial charge >= 0.3 is 6.09 Å². The van der Waals surface area contributed by atoms with E-state index in [4.69, 9.17) is 18.9 Å². The van der Waals surface area contributed by atoms with Gasteiger partial charge in [-0.15, -0.1) is 0 Å². The molecule has 4 aromatic rings. The van der Waals surface area contributed by atoms with Crippen LogP contribution in [0.3, 0.4) is 0 Å². The van der Waals surface area contributed by atoms with E-state index >= 15 is 0 Å². The van der Waals surface area contributed by atoms with Crippen molar-refractivity contribution in [2.45, 2.75) is 20.5 Å². The Morgan fingerprint density at radius 2 is 1.49 bits per heavy atom. The Bertz CT molecular complexity index is 1320. The van der Waals surface area contributed by atoms with E-state index in [2.05, 4.69) is 5.32 Å². The van der Waals surface area contributed by atoms with Gasteiger partial charge in [0, 0.05) is 17.0 Å². The highest BCUT2D eigenvalue weighted by molar-refractivity contribution is 6.09. The normalized spacial score (nSPS) is 10.6. The molecular weight excluding hydrogens is 442 g/mol. The maximum Gasteiger partial charge on any atom is 0.411 e. The maximum absolute atomic E-state index is 12.5. The number of aryl methyl sites for hydroxylation is 1. The second kappa shape index (κ2) is 10.8. The van der Waals surface area contributed by atoms with Crippen LogP contribution in [0.15, 0.2) is 72.8 Å². The molecule has 0 aliphatic heterocycles. The quantitative estimate of drug-likeness (QED) is 0.300. The first-order valence-electron chi connectivity index (χ1n) is 11.4. The average molecular weight is 472 g/mol. The molecule has 6 heteroatoms. The van der Waals surface area contributed by atoms with E-state index in [0.717, 1.165) is 33.0 Å². The Hall–Kier alpha value is -4.19. The van der Waals surface area contributed by atoms with Crippen LogP contribution in [-0.2, 0) is 11.3 Å². The smallest absolute Gasteiger partial charge is 0.411 e. The summed E-state index contributed by atoms with van der Waals surface area (Å²) in [5.74, 6) is 1.77. The summed E-state index contributed by atoms with van der Waals surface area (Å²) in [6, 6.07) is 23.7. The molecule has 0 aromatic heterocycles. The largest absolute Gasteiger partial charge is 0.493 e. The molecule has 0 unspecified atom stereocenters. The number of amides is 1. The second-order valence-electron chi connectivity index (χ2n) is 8.04. The van der Waals surface area contributed by atoms with Gasteiger partial charge in [0.05, 0.1) is 26.5 Å². The zero-order valence-corrected chi connectivity index (χ0v) is 20.4. The van der Waals surface area contributed by atoms with E-state index in [1.54, 1.807) is 21.1 Å². The lowest BCUT2D eigenvalue weighted by Crippen LogP contribution is -2.14. The minimum absolute atomic E-state index is 0.266. The van der Waals surface area contributed by atoms with Crippen molar-refractivity contribution in [3.63, 3.8) is 0 Å². The fraction of sp³-hybridized carbons (Fsp3) is 0.207. The number of anilines is 1. The summed E-state index contributed by atoms with van der Waals surface area (Å²) in [6.45, 7) is 4.44.